The van der Waals surface area contributed by atoms with Crippen molar-refractivity contribution in [2.45, 2.75) is 59.5 Å². The van der Waals surface area contributed by atoms with Crippen LogP contribution in [-0.2, 0) is 4.84 Å². The molecule has 0 aromatic carbocycles. The van der Waals surface area contributed by atoms with Gasteiger partial charge in [-0.2, -0.15) is 0 Å². The number of rotatable bonds is 8. The van der Waals surface area contributed by atoms with E-state index in [1.54, 1.807) is 0 Å². The summed E-state index contributed by atoms with van der Waals surface area (Å²) in [5, 5.41) is 2.12. The second kappa shape index (κ2) is 8.52. The van der Waals surface area contributed by atoms with E-state index in [1.165, 1.54) is 25.7 Å². The summed E-state index contributed by atoms with van der Waals surface area (Å²) >= 11 is 0. The monoisotopic (exact) mass is 187 g/mol. The molecule has 0 atom stereocenters. The van der Waals surface area contributed by atoms with Crippen LogP contribution in [0.1, 0.15) is 53.4 Å². The molecule has 0 fully saturated rings. The summed E-state index contributed by atoms with van der Waals surface area (Å²) < 4.78 is 0. The molecule has 0 unspecified atom stereocenters. The zero-order valence-electron chi connectivity index (χ0n) is 9.68. The minimum absolute atomic E-state index is 0.314. The maximum atomic E-state index is 5.69. The highest BCUT2D eigenvalue weighted by atomic mass is 16.7. The molecule has 0 aromatic rings. The molecule has 0 aliphatic rings. The van der Waals surface area contributed by atoms with E-state index in [9.17, 15) is 0 Å². The first-order valence-electron chi connectivity index (χ1n) is 5.62. The van der Waals surface area contributed by atoms with E-state index in [2.05, 4.69) is 32.8 Å². The fraction of sp³-hybridized carbons (Fsp3) is 1.00. The van der Waals surface area contributed by atoms with Crippen LogP contribution in [0, 0.1) is 0 Å². The third kappa shape index (κ3) is 8.26. The molecule has 0 aliphatic carbocycles. The van der Waals surface area contributed by atoms with Crippen molar-refractivity contribution >= 4 is 0 Å². The van der Waals surface area contributed by atoms with Crippen molar-refractivity contribution in [3.63, 3.8) is 0 Å². The van der Waals surface area contributed by atoms with Crippen LogP contribution in [0.4, 0.5) is 0 Å². The van der Waals surface area contributed by atoms with Crippen molar-refractivity contribution in [3.8, 4) is 0 Å². The second-order valence-corrected chi connectivity index (χ2v) is 3.79. The Morgan fingerprint density at radius 2 is 1.46 bits per heavy atom. The van der Waals surface area contributed by atoms with Crippen molar-refractivity contribution in [2.75, 3.05) is 13.1 Å². The van der Waals surface area contributed by atoms with Gasteiger partial charge in [-0.1, -0.05) is 26.7 Å². The average Bonchev–Trinajstić information content (AvgIpc) is 2.09. The normalized spacial score (nSPS) is 11.5. The first-order valence-corrected chi connectivity index (χ1v) is 5.62. The van der Waals surface area contributed by atoms with Crippen LogP contribution in [0.25, 0.3) is 0 Å². The summed E-state index contributed by atoms with van der Waals surface area (Å²) in [5.41, 5.74) is 0. The molecule has 2 nitrogen and oxygen atoms in total. The SMILES string of the molecule is CCCC[N+](CCCC)OC(C)C. The Morgan fingerprint density at radius 1 is 1.00 bits per heavy atom. The van der Waals surface area contributed by atoms with Crippen LogP contribution in [0.5, 0.6) is 0 Å². The molecule has 2 heteroatoms. The Bertz CT molecular complexity index is 96.3. The molecule has 79 valence electrons. The topological polar surface area (TPSA) is 15.1 Å². The predicted molar refractivity (Wildman–Crippen MR) is 57.9 cm³/mol. The van der Waals surface area contributed by atoms with Gasteiger partial charge < -0.3 is 0 Å². The van der Waals surface area contributed by atoms with Gasteiger partial charge in [-0.3, -0.25) is 0 Å². The van der Waals surface area contributed by atoms with E-state index in [0.29, 0.717) is 6.10 Å². The maximum absolute atomic E-state index is 5.69. The fourth-order valence-corrected chi connectivity index (χ4v) is 1.18. The largest absolute Gasteiger partial charge is 0.160 e. The minimum Gasteiger partial charge on any atom is -0.146 e. The summed E-state index contributed by atoms with van der Waals surface area (Å²) in [7, 11) is 0. The van der Waals surface area contributed by atoms with E-state index >= 15 is 0 Å². The molecule has 0 rings (SSSR count). The lowest BCUT2D eigenvalue weighted by molar-refractivity contribution is -0.107. The van der Waals surface area contributed by atoms with Crippen molar-refractivity contribution in [1.29, 1.82) is 0 Å². The Morgan fingerprint density at radius 3 is 1.77 bits per heavy atom. The van der Waals surface area contributed by atoms with Crippen LogP contribution in [0.2, 0.25) is 0 Å². The van der Waals surface area contributed by atoms with Gasteiger partial charge >= 0.3 is 0 Å². The van der Waals surface area contributed by atoms with Gasteiger partial charge in [-0.25, -0.2) is 0 Å². The molecular weight excluding hydrogens is 162 g/mol. The minimum atomic E-state index is 0.314. The molecule has 13 heavy (non-hydrogen) atoms. The molecule has 0 spiro atoms. The van der Waals surface area contributed by atoms with Crippen LogP contribution >= 0.6 is 0 Å². The zero-order chi connectivity index (χ0) is 10.1. The Labute approximate surface area is 83.2 Å². The molecule has 0 N–H and O–H groups in total. The number of nitrogens with zero attached hydrogens (tertiary/aromatic N) is 1. The lowest BCUT2D eigenvalue weighted by atomic mass is 10.3. The highest BCUT2D eigenvalue weighted by Gasteiger charge is 2.17. The fourth-order valence-electron chi connectivity index (χ4n) is 1.18. The Balaban J connectivity index is 3.60. The molecule has 0 saturated carbocycles. The highest BCUT2D eigenvalue weighted by Crippen LogP contribution is 1.99. The third-order valence-electron chi connectivity index (χ3n) is 1.88. The molecule has 0 amide bonds. The van der Waals surface area contributed by atoms with Gasteiger partial charge in [0.1, 0.15) is 6.10 Å². The van der Waals surface area contributed by atoms with Gasteiger partial charge in [0, 0.05) is 12.8 Å². The van der Waals surface area contributed by atoms with Crippen LogP contribution in [-0.4, -0.2) is 19.2 Å². The second-order valence-electron chi connectivity index (χ2n) is 3.79. The zero-order valence-corrected chi connectivity index (χ0v) is 9.68. The Hall–Kier alpha value is -0.0800. The number of hydrogen-bond acceptors (Lipinski definition) is 2. The smallest absolute Gasteiger partial charge is 0.146 e. The molecule has 1 radical (unpaired) electrons. The van der Waals surface area contributed by atoms with Crippen LogP contribution in [0.3, 0.4) is 0 Å². The van der Waals surface area contributed by atoms with Crippen LogP contribution in [0.15, 0.2) is 0 Å². The van der Waals surface area contributed by atoms with E-state index in [1.807, 2.05) is 0 Å². The van der Waals surface area contributed by atoms with Gasteiger partial charge in [-0.05, 0) is 18.9 Å². The highest BCUT2D eigenvalue weighted by molar-refractivity contribution is 4.53. The van der Waals surface area contributed by atoms with E-state index < -0.39 is 0 Å². The van der Waals surface area contributed by atoms with E-state index in [0.717, 1.165) is 13.1 Å². The van der Waals surface area contributed by atoms with Gasteiger partial charge in [0.15, 0.2) is 13.1 Å². The maximum Gasteiger partial charge on any atom is 0.160 e. The number of hydrogen-bond donors (Lipinski definition) is 0. The van der Waals surface area contributed by atoms with E-state index in [4.69, 9.17) is 4.84 Å². The van der Waals surface area contributed by atoms with Crippen molar-refractivity contribution < 1.29 is 4.84 Å². The van der Waals surface area contributed by atoms with Gasteiger partial charge in [0.25, 0.3) is 0 Å². The molecule has 0 bridgehead atoms. The first-order chi connectivity index (χ1) is 6.20. The predicted octanol–water partition coefficient (Wildman–Crippen LogP) is 3.07. The summed E-state index contributed by atoms with van der Waals surface area (Å²) in [6.07, 6.45) is 5.26. The summed E-state index contributed by atoms with van der Waals surface area (Å²) in [5.74, 6) is 0. The molecule has 0 aliphatic heterocycles. The number of unbranched alkanes of at least 4 members (excludes halogenated alkanes) is 2. The van der Waals surface area contributed by atoms with Crippen LogP contribution < -0.4 is 5.06 Å². The summed E-state index contributed by atoms with van der Waals surface area (Å²) in [4.78, 5) is 5.69. The quantitative estimate of drug-likeness (QED) is 0.421. The average molecular weight is 187 g/mol. The summed E-state index contributed by atoms with van der Waals surface area (Å²) in [6.45, 7) is 10.8. The van der Waals surface area contributed by atoms with Crippen molar-refractivity contribution in [2.24, 2.45) is 0 Å². The van der Waals surface area contributed by atoms with Gasteiger partial charge in [0.2, 0.25) is 0 Å². The van der Waals surface area contributed by atoms with Crippen molar-refractivity contribution in [3.05, 3.63) is 0 Å². The van der Waals surface area contributed by atoms with Gasteiger partial charge in [-0.15, -0.1) is 4.84 Å². The standard InChI is InChI=1S/C11H25NO/c1-5-7-9-12(10-8-6-2)13-11(3)4/h11H,5-10H2,1-4H3/q+1. The molecular formula is C11H25NO+. The number of hydroxylamine groups is 2. The summed E-state index contributed by atoms with van der Waals surface area (Å²) in [6, 6.07) is 0. The molecule has 0 heterocycles. The lowest BCUT2D eigenvalue weighted by Crippen LogP contribution is -2.35. The lowest BCUT2D eigenvalue weighted by Gasteiger charge is -2.11. The third-order valence-corrected chi connectivity index (χ3v) is 1.88. The van der Waals surface area contributed by atoms with Gasteiger partial charge in [0.05, 0.1) is 0 Å². The van der Waals surface area contributed by atoms with E-state index in [-0.39, 0.29) is 0 Å². The molecule has 0 aromatic heterocycles. The first kappa shape index (κ1) is 12.9. The van der Waals surface area contributed by atoms with Crippen molar-refractivity contribution in [1.82, 2.24) is 5.06 Å². The molecule has 0 saturated heterocycles. The Kier molecular flexibility index (Phi) is 8.46.